The van der Waals surface area contributed by atoms with Gasteiger partial charge < -0.3 is 10.0 Å². The number of aromatic nitrogens is 1. The highest BCUT2D eigenvalue weighted by atomic mass is 32.2. The van der Waals surface area contributed by atoms with Gasteiger partial charge in [-0.15, -0.1) is 11.3 Å². The molecule has 2 fully saturated rings. The smallest absolute Gasteiger partial charge is 0.388 e. The molecule has 1 aliphatic carbocycles. The van der Waals surface area contributed by atoms with E-state index in [1.165, 1.54) is 17.4 Å². The largest absolute Gasteiger partial charge is 0.404 e. The van der Waals surface area contributed by atoms with Crippen molar-refractivity contribution < 1.29 is 31.5 Å². The summed E-state index contributed by atoms with van der Waals surface area (Å²) < 4.78 is 67.1. The Kier molecular flexibility index (Phi) is 7.28. The zero-order chi connectivity index (χ0) is 28.2. The van der Waals surface area contributed by atoms with Gasteiger partial charge in [-0.1, -0.05) is 49.6 Å². The number of fused-ring (bicyclic) bond motifs is 1. The number of nitrogens with one attached hydrogen (secondary N) is 1. The van der Waals surface area contributed by atoms with Crippen molar-refractivity contribution in [2.75, 3.05) is 13.1 Å². The van der Waals surface area contributed by atoms with Crippen LogP contribution in [0.3, 0.4) is 0 Å². The van der Waals surface area contributed by atoms with E-state index in [1.54, 1.807) is 46.9 Å². The Morgan fingerprint density at radius 2 is 1.92 bits per heavy atom. The number of carbonyl (C=O) groups excluding carboxylic acids is 1. The number of hydrogen-bond acceptors (Lipinski definition) is 6. The van der Waals surface area contributed by atoms with Gasteiger partial charge in [0.2, 0.25) is 10.0 Å². The number of amides is 1. The molecule has 12 heteroatoms. The number of thiazole rings is 1. The van der Waals surface area contributed by atoms with Crippen LogP contribution in [-0.2, 0) is 16.4 Å². The third kappa shape index (κ3) is 5.70. The van der Waals surface area contributed by atoms with E-state index in [-0.39, 0.29) is 22.7 Å². The Balaban J connectivity index is 1.58. The van der Waals surface area contributed by atoms with Crippen molar-refractivity contribution in [3.05, 3.63) is 47.1 Å². The first-order chi connectivity index (χ1) is 18.2. The lowest BCUT2D eigenvalue weighted by Crippen LogP contribution is -2.43. The molecule has 0 spiro atoms. The number of aliphatic hydroxyl groups is 1. The second kappa shape index (κ2) is 10.1. The molecule has 2 N–H and O–H groups in total. The Morgan fingerprint density at radius 1 is 1.23 bits per heavy atom. The number of halogens is 3. The monoisotopic (exact) mass is 581 g/mol. The summed E-state index contributed by atoms with van der Waals surface area (Å²) in [6.45, 7) is 3.10. The van der Waals surface area contributed by atoms with Crippen LogP contribution in [0.4, 0.5) is 13.2 Å². The van der Waals surface area contributed by atoms with Gasteiger partial charge in [-0.2, -0.15) is 17.9 Å². The number of rotatable bonds is 7. The van der Waals surface area contributed by atoms with Gasteiger partial charge in [0, 0.05) is 24.0 Å². The van der Waals surface area contributed by atoms with Crippen LogP contribution in [0.15, 0.2) is 41.3 Å². The number of benzene rings is 2. The first kappa shape index (κ1) is 28.0. The fourth-order valence-electron chi connectivity index (χ4n) is 5.08. The number of hydrogen-bond donors (Lipinski definition) is 2. The summed E-state index contributed by atoms with van der Waals surface area (Å²) in [5.74, 6) is 0.188. The van der Waals surface area contributed by atoms with Crippen molar-refractivity contribution in [3.8, 4) is 10.4 Å². The maximum absolute atomic E-state index is 13.3. The van der Waals surface area contributed by atoms with Crippen molar-refractivity contribution in [3.63, 3.8) is 0 Å². The van der Waals surface area contributed by atoms with E-state index in [9.17, 15) is 31.5 Å². The third-order valence-corrected chi connectivity index (χ3v) is 10.3. The fourth-order valence-corrected chi connectivity index (χ4v) is 7.62. The van der Waals surface area contributed by atoms with Crippen LogP contribution < -0.4 is 4.72 Å². The number of likely N-dealkylation sites (tertiary alicyclic amines) is 1. The van der Waals surface area contributed by atoms with Crippen LogP contribution in [0.5, 0.6) is 0 Å². The highest BCUT2D eigenvalue weighted by Gasteiger charge is 2.39. The SMILES string of the molecule is C[C@H](NS(=O)(=O)c1ccc(-c2sc(C(=O)N3CCC(C)(O)C3)nc2CC2CCC2)c2ccccc12)C(F)(F)F. The number of alkyl halides is 3. The van der Waals surface area contributed by atoms with Gasteiger partial charge in [-0.3, -0.25) is 4.79 Å². The molecular formula is C27H30F3N3O4S2. The van der Waals surface area contributed by atoms with Gasteiger partial charge in [0.25, 0.3) is 5.91 Å². The first-order valence-corrected chi connectivity index (χ1v) is 15.2. The average molecular weight is 582 g/mol. The number of nitrogens with zero attached hydrogens (tertiary/aromatic N) is 2. The summed E-state index contributed by atoms with van der Waals surface area (Å²) in [7, 11) is -4.49. The van der Waals surface area contributed by atoms with E-state index in [0.717, 1.165) is 36.8 Å². The number of carbonyl (C=O) groups is 1. The predicted octanol–water partition coefficient (Wildman–Crippen LogP) is 5.13. The van der Waals surface area contributed by atoms with Gasteiger partial charge in [0.15, 0.2) is 5.01 Å². The molecule has 2 aromatic carbocycles. The molecule has 210 valence electrons. The maximum Gasteiger partial charge on any atom is 0.404 e. The van der Waals surface area contributed by atoms with Crippen molar-refractivity contribution in [1.29, 1.82) is 0 Å². The van der Waals surface area contributed by atoms with Crippen LogP contribution in [0.1, 0.15) is 55.0 Å². The van der Waals surface area contributed by atoms with Gasteiger partial charge in [0.05, 0.1) is 21.1 Å². The van der Waals surface area contributed by atoms with E-state index >= 15 is 0 Å². The topological polar surface area (TPSA) is 99.6 Å². The Hall–Kier alpha value is -2.54. The van der Waals surface area contributed by atoms with Gasteiger partial charge in [0.1, 0.15) is 6.04 Å². The molecule has 39 heavy (non-hydrogen) atoms. The normalized spacial score (nSPS) is 21.3. The van der Waals surface area contributed by atoms with Crippen molar-refractivity contribution >= 4 is 38.0 Å². The van der Waals surface area contributed by atoms with E-state index in [2.05, 4.69) is 0 Å². The highest BCUT2D eigenvalue weighted by Crippen LogP contribution is 2.41. The molecule has 1 saturated carbocycles. The van der Waals surface area contributed by atoms with Crippen molar-refractivity contribution in [1.82, 2.24) is 14.6 Å². The van der Waals surface area contributed by atoms with E-state index < -0.39 is 27.8 Å². The van der Waals surface area contributed by atoms with Gasteiger partial charge >= 0.3 is 6.18 Å². The molecule has 2 atom stereocenters. The van der Waals surface area contributed by atoms with Crippen LogP contribution in [0.2, 0.25) is 0 Å². The minimum atomic E-state index is -4.73. The summed E-state index contributed by atoms with van der Waals surface area (Å²) in [5.41, 5.74) is 0.482. The minimum Gasteiger partial charge on any atom is -0.388 e. The molecule has 5 rings (SSSR count). The Morgan fingerprint density at radius 3 is 2.51 bits per heavy atom. The standard InChI is InChI=1S/C27H30F3N3O4S2/c1-16(27(28,29)30)32-39(36,37)22-11-10-20(18-8-3-4-9-19(18)22)23-21(14-17-6-5-7-17)31-24(38-23)25(34)33-13-12-26(2,35)15-33/h3-4,8-11,16-17,32,35H,5-7,12-15H2,1-2H3/t16-,26?/m0/s1. The predicted molar refractivity (Wildman–Crippen MR) is 143 cm³/mol. The molecule has 1 saturated heterocycles. The van der Waals surface area contributed by atoms with Gasteiger partial charge in [-0.05, 0) is 44.1 Å². The van der Waals surface area contributed by atoms with Crippen LogP contribution in [0, 0.1) is 5.92 Å². The molecule has 3 aromatic rings. The molecule has 2 aliphatic rings. The van der Waals surface area contributed by atoms with E-state index in [1.807, 2.05) is 0 Å². The molecular weight excluding hydrogens is 551 g/mol. The lowest BCUT2D eigenvalue weighted by Gasteiger charge is -2.25. The second-order valence-electron chi connectivity index (χ2n) is 10.8. The number of β-amino-alcohol motifs (C(OH)–C–C–N with tert-alkyl or cyclic N) is 1. The fraction of sp³-hybridized carbons (Fsp3) is 0.481. The zero-order valence-electron chi connectivity index (χ0n) is 21.6. The van der Waals surface area contributed by atoms with Crippen molar-refractivity contribution in [2.24, 2.45) is 5.92 Å². The summed E-state index contributed by atoms with van der Waals surface area (Å²) in [5, 5.41) is 11.5. The first-order valence-electron chi connectivity index (χ1n) is 12.9. The summed E-state index contributed by atoms with van der Waals surface area (Å²) >= 11 is 1.23. The van der Waals surface area contributed by atoms with E-state index in [0.29, 0.717) is 41.3 Å². The third-order valence-electron chi connectivity index (χ3n) is 7.57. The van der Waals surface area contributed by atoms with Crippen molar-refractivity contribution in [2.45, 2.75) is 68.7 Å². The molecule has 1 aromatic heterocycles. The van der Waals surface area contributed by atoms with E-state index in [4.69, 9.17) is 4.98 Å². The summed E-state index contributed by atoms with van der Waals surface area (Å²) in [4.78, 5) is 20.1. The lowest BCUT2D eigenvalue weighted by atomic mass is 9.81. The maximum atomic E-state index is 13.3. The molecule has 1 aliphatic heterocycles. The van der Waals surface area contributed by atoms with Crippen LogP contribution in [-0.4, -0.2) is 60.2 Å². The molecule has 2 heterocycles. The second-order valence-corrected chi connectivity index (χ2v) is 13.5. The molecule has 0 radical (unpaired) electrons. The summed E-state index contributed by atoms with van der Waals surface area (Å²) in [6.07, 6.45) is -0.305. The quantitative estimate of drug-likeness (QED) is 0.403. The molecule has 1 unspecified atom stereocenters. The average Bonchev–Trinajstić information content (AvgIpc) is 3.42. The molecule has 1 amide bonds. The Labute approximate surface area is 229 Å². The minimum absolute atomic E-state index is 0.220. The highest BCUT2D eigenvalue weighted by molar-refractivity contribution is 7.89. The summed E-state index contributed by atoms with van der Waals surface area (Å²) in [6, 6.07) is 7.31. The van der Waals surface area contributed by atoms with Crippen LogP contribution >= 0.6 is 11.3 Å². The lowest BCUT2D eigenvalue weighted by molar-refractivity contribution is -0.147. The van der Waals surface area contributed by atoms with Crippen LogP contribution in [0.25, 0.3) is 21.2 Å². The number of sulfonamides is 1. The molecule has 0 bridgehead atoms. The Bertz CT molecular complexity index is 1510. The van der Waals surface area contributed by atoms with Gasteiger partial charge in [-0.25, -0.2) is 13.4 Å². The molecule has 7 nitrogen and oxygen atoms in total. The zero-order valence-corrected chi connectivity index (χ0v) is 23.2.